The van der Waals surface area contributed by atoms with Crippen molar-refractivity contribution in [3.05, 3.63) is 59.7 Å². The Morgan fingerprint density at radius 2 is 1.30 bits per heavy atom. The minimum Gasteiger partial charge on any atom is -0.507 e. The van der Waals surface area contributed by atoms with E-state index in [1.54, 1.807) is 38.1 Å². The Balaban J connectivity index is 0.000000238. The monoisotopic (exact) mass is 318 g/mol. The Morgan fingerprint density at radius 1 is 0.870 bits per heavy atom. The number of phenolic OH excluding ortho intramolecular Hbond substituents is 1. The zero-order chi connectivity index (χ0) is 17.4. The largest absolute Gasteiger partial charge is 0.507 e. The molecule has 6 nitrogen and oxygen atoms in total. The van der Waals surface area contributed by atoms with Gasteiger partial charge in [-0.3, -0.25) is 0 Å². The highest BCUT2D eigenvalue weighted by Crippen LogP contribution is 2.17. The Labute approximate surface area is 133 Å². The summed E-state index contributed by atoms with van der Waals surface area (Å²) in [5.41, 5.74) is 0.138. The minimum atomic E-state index is -1.11. The fourth-order valence-corrected chi connectivity index (χ4v) is 1.58. The van der Waals surface area contributed by atoms with E-state index in [4.69, 9.17) is 14.9 Å². The zero-order valence-electron chi connectivity index (χ0n) is 12.8. The molecule has 0 unspecified atom stereocenters. The SMILES string of the molecule is CC(C)OC(=O)c1ccccc1O.O=C(O)c1ccccc1O. The Kier molecular flexibility index (Phi) is 6.61. The maximum absolute atomic E-state index is 11.3. The molecule has 0 heterocycles. The molecule has 0 aliphatic rings. The van der Waals surface area contributed by atoms with Crippen molar-refractivity contribution in [3.8, 4) is 11.5 Å². The first-order valence-electron chi connectivity index (χ1n) is 6.83. The molecule has 0 aromatic heterocycles. The van der Waals surface area contributed by atoms with Crippen molar-refractivity contribution < 1.29 is 29.6 Å². The summed E-state index contributed by atoms with van der Waals surface area (Å²) in [6.07, 6.45) is -0.174. The number of aromatic carboxylic acids is 1. The highest BCUT2D eigenvalue weighted by molar-refractivity contribution is 5.92. The first-order chi connectivity index (χ1) is 10.8. The lowest BCUT2D eigenvalue weighted by Gasteiger charge is -2.08. The van der Waals surface area contributed by atoms with Gasteiger partial charge in [-0.2, -0.15) is 0 Å². The lowest BCUT2D eigenvalue weighted by atomic mass is 10.2. The number of aromatic hydroxyl groups is 2. The van der Waals surface area contributed by atoms with Gasteiger partial charge in [-0.1, -0.05) is 24.3 Å². The molecular weight excluding hydrogens is 300 g/mol. The molecule has 3 N–H and O–H groups in total. The van der Waals surface area contributed by atoms with Crippen LogP contribution in [0.15, 0.2) is 48.5 Å². The average Bonchev–Trinajstić information content (AvgIpc) is 2.47. The number of hydrogen-bond acceptors (Lipinski definition) is 5. The number of esters is 1. The lowest BCUT2D eigenvalue weighted by Crippen LogP contribution is -2.11. The van der Waals surface area contributed by atoms with Crippen molar-refractivity contribution in [3.63, 3.8) is 0 Å². The van der Waals surface area contributed by atoms with Gasteiger partial charge in [-0.25, -0.2) is 9.59 Å². The van der Waals surface area contributed by atoms with E-state index in [0.29, 0.717) is 0 Å². The summed E-state index contributed by atoms with van der Waals surface area (Å²) in [4.78, 5) is 21.6. The van der Waals surface area contributed by atoms with E-state index in [9.17, 15) is 14.7 Å². The van der Waals surface area contributed by atoms with E-state index in [-0.39, 0.29) is 28.7 Å². The molecule has 0 saturated carbocycles. The molecule has 2 aromatic rings. The number of carbonyl (C=O) groups excluding carboxylic acids is 1. The van der Waals surface area contributed by atoms with Crippen LogP contribution < -0.4 is 0 Å². The van der Waals surface area contributed by atoms with Crippen LogP contribution in [-0.2, 0) is 4.74 Å². The molecule has 2 aromatic carbocycles. The third-order valence-corrected chi connectivity index (χ3v) is 2.60. The fraction of sp³-hybridized carbons (Fsp3) is 0.176. The van der Waals surface area contributed by atoms with Crippen LogP contribution in [0.5, 0.6) is 11.5 Å². The second kappa shape index (κ2) is 8.43. The van der Waals surface area contributed by atoms with Gasteiger partial charge in [0.25, 0.3) is 0 Å². The Morgan fingerprint density at radius 3 is 1.65 bits per heavy atom. The van der Waals surface area contributed by atoms with Crippen molar-refractivity contribution in [2.45, 2.75) is 20.0 Å². The summed E-state index contributed by atoms with van der Waals surface area (Å²) in [7, 11) is 0. The predicted octanol–water partition coefficient (Wildman–Crippen LogP) is 3.05. The lowest BCUT2D eigenvalue weighted by molar-refractivity contribution is 0.0374. The van der Waals surface area contributed by atoms with Crippen molar-refractivity contribution in [2.24, 2.45) is 0 Å². The van der Waals surface area contributed by atoms with Gasteiger partial charge in [0.05, 0.1) is 6.10 Å². The van der Waals surface area contributed by atoms with Crippen molar-refractivity contribution >= 4 is 11.9 Å². The number of para-hydroxylation sites is 2. The molecule has 0 atom stereocenters. The third kappa shape index (κ3) is 5.70. The van der Waals surface area contributed by atoms with Crippen LogP contribution in [0.2, 0.25) is 0 Å². The van der Waals surface area contributed by atoms with E-state index in [2.05, 4.69) is 0 Å². The van der Waals surface area contributed by atoms with E-state index < -0.39 is 11.9 Å². The van der Waals surface area contributed by atoms with Crippen LogP contribution in [0, 0.1) is 0 Å². The van der Waals surface area contributed by atoms with Gasteiger partial charge in [-0.15, -0.1) is 0 Å². The standard InChI is InChI=1S/C10H12O3.C7H6O3/c1-7(2)13-10(12)8-5-3-4-6-9(8)11;8-6-4-2-1-3-5(6)7(9)10/h3-7,11H,1-2H3;1-4,8H,(H,9,10). The number of phenols is 2. The van der Waals surface area contributed by atoms with Crippen molar-refractivity contribution in [2.75, 3.05) is 0 Å². The van der Waals surface area contributed by atoms with Gasteiger partial charge < -0.3 is 20.1 Å². The highest BCUT2D eigenvalue weighted by Gasteiger charge is 2.12. The predicted molar refractivity (Wildman–Crippen MR) is 83.7 cm³/mol. The molecule has 2 rings (SSSR count). The van der Waals surface area contributed by atoms with Gasteiger partial charge in [0.15, 0.2) is 0 Å². The summed E-state index contributed by atoms with van der Waals surface area (Å²) in [6.45, 7) is 3.52. The molecule has 0 aliphatic carbocycles. The zero-order valence-corrected chi connectivity index (χ0v) is 12.8. The first kappa shape index (κ1) is 18.0. The third-order valence-electron chi connectivity index (χ3n) is 2.60. The molecule has 0 bridgehead atoms. The normalized spacial score (nSPS) is 9.70. The molecule has 122 valence electrons. The number of hydrogen-bond donors (Lipinski definition) is 3. The summed E-state index contributed by atoms with van der Waals surface area (Å²) in [6, 6.07) is 12.1. The second-order valence-corrected chi connectivity index (χ2v) is 4.79. The van der Waals surface area contributed by atoms with Crippen LogP contribution in [0.25, 0.3) is 0 Å². The summed E-state index contributed by atoms with van der Waals surface area (Å²) >= 11 is 0. The Bertz CT molecular complexity index is 678. The molecule has 0 radical (unpaired) electrons. The van der Waals surface area contributed by atoms with Crippen LogP contribution in [0.4, 0.5) is 0 Å². The second-order valence-electron chi connectivity index (χ2n) is 4.79. The minimum absolute atomic E-state index is 0.0480. The van der Waals surface area contributed by atoms with Gasteiger partial charge >= 0.3 is 11.9 Å². The Hall–Kier alpha value is -3.02. The van der Waals surface area contributed by atoms with E-state index in [1.807, 2.05) is 0 Å². The van der Waals surface area contributed by atoms with E-state index >= 15 is 0 Å². The molecule has 0 aliphatic heterocycles. The number of rotatable bonds is 3. The number of carboxylic acids is 1. The molecule has 0 amide bonds. The molecule has 6 heteroatoms. The number of carbonyl (C=O) groups is 2. The number of benzene rings is 2. The van der Waals surface area contributed by atoms with Gasteiger partial charge in [-0.05, 0) is 38.1 Å². The van der Waals surface area contributed by atoms with Gasteiger partial charge in [0, 0.05) is 0 Å². The first-order valence-corrected chi connectivity index (χ1v) is 6.83. The highest BCUT2D eigenvalue weighted by atomic mass is 16.5. The maximum atomic E-state index is 11.3. The molecule has 23 heavy (non-hydrogen) atoms. The fourth-order valence-electron chi connectivity index (χ4n) is 1.58. The van der Waals surface area contributed by atoms with Gasteiger partial charge in [0.2, 0.25) is 0 Å². The van der Waals surface area contributed by atoms with Crippen LogP contribution in [-0.4, -0.2) is 33.4 Å². The van der Waals surface area contributed by atoms with Crippen LogP contribution in [0.3, 0.4) is 0 Å². The van der Waals surface area contributed by atoms with Gasteiger partial charge in [0.1, 0.15) is 22.6 Å². The summed E-state index contributed by atoms with van der Waals surface area (Å²) < 4.78 is 4.92. The molecule has 0 saturated heterocycles. The van der Waals surface area contributed by atoms with Crippen molar-refractivity contribution in [1.82, 2.24) is 0 Å². The summed E-state index contributed by atoms with van der Waals surface area (Å²) in [5.74, 6) is -1.85. The molecule has 0 spiro atoms. The maximum Gasteiger partial charge on any atom is 0.342 e. The summed E-state index contributed by atoms with van der Waals surface area (Å²) in [5, 5.41) is 26.6. The molecular formula is C17H18O6. The van der Waals surface area contributed by atoms with Crippen LogP contribution >= 0.6 is 0 Å². The van der Waals surface area contributed by atoms with E-state index in [0.717, 1.165) is 0 Å². The number of carboxylic acid groups (broad SMARTS) is 1. The average molecular weight is 318 g/mol. The topological polar surface area (TPSA) is 104 Å². The number of ether oxygens (including phenoxy) is 1. The molecule has 0 fully saturated rings. The van der Waals surface area contributed by atoms with E-state index in [1.165, 1.54) is 24.3 Å². The quantitative estimate of drug-likeness (QED) is 0.751. The smallest absolute Gasteiger partial charge is 0.342 e. The van der Waals surface area contributed by atoms with Crippen LogP contribution in [0.1, 0.15) is 34.6 Å². The van der Waals surface area contributed by atoms with Crippen molar-refractivity contribution in [1.29, 1.82) is 0 Å².